The van der Waals surface area contributed by atoms with Gasteiger partial charge < -0.3 is 25.8 Å². The number of piperidine rings is 1. The van der Waals surface area contributed by atoms with Crippen molar-refractivity contribution in [2.45, 2.75) is 38.8 Å². The molecule has 0 spiro atoms. The zero-order valence-corrected chi connectivity index (χ0v) is 19.0. The van der Waals surface area contributed by atoms with Crippen LogP contribution in [0.4, 0.5) is 0 Å². The van der Waals surface area contributed by atoms with E-state index in [4.69, 9.17) is 22.1 Å². The van der Waals surface area contributed by atoms with Crippen molar-refractivity contribution in [3.8, 4) is 5.75 Å². The minimum absolute atomic E-state index is 0.0598. The van der Waals surface area contributed by atoms with Crippen LogP contribution in [-0.4, -0.2) is 64.3 Å². The number of benzene rings is 1. The Hall–Kier alpha value is -2.68. The van der Waals surface area contributed by atoms with E-state index in [0.29, 0.717) is 44.8 Å². The zero-order chi connectivity index (χ0) is 22.8. The molecular weight excluding hydrogens is 430 g/mol. The SMILES string of the molecule is Cc1nc(C2=C(N)C(CO)N(C(=O)c3ccccc3OC3CCNCC3)C2)nc(C)c1Cl. The molecule has 4 rings (SSSR count). The summed E-state index contributed by atoms with van der Waals surface area (Å²) in [6.45, 7) is 5.27. The predicted octanol–water partition coefficient (Wildman–Crippen LogP) is 2.06. The maximum absolute atomic E-state index is 13.6. The van der Waals surface area contributed by atoms with Crippen LogP contribution >= 0.6 is 11.6 Å². The molecule has 1 amide bonds. The van der Waals surface area contributed by atoms with E-state index in [1.165, 1.54) is 0 Å². The summed E-state index contributed by atoms with van der Waals surface area (Å²) >= 11 is 6.21. The smallest absolute Gasteiger partial charge is 0.258 e. The second-order valence-corrected chi connectivity index (χ2v) is 8.54. The van der Waals surface area contributed by atoms with Gasteiger partial charge in [0.1, 0.15) is 11.9 Å². The number of aliphatic hydroxyl groups is 1. The number of hydrogen-bond donors (Lipinski definition) is 3. The van der Waals surface area contributed by atoms with E-state index in [9.17, 15) is 9.90 Å². The summed E-state index contributed by atoms with van der Waals surface area (Å²) in [5, 5.41) is 13.9. The van der Waals surface area contributed by atoms with Gasteiger partial charge in [0.05, 0.1) is 41.2 Å². The molecule has 0 aliphatic carbocycles. The number of nitrogens with two attached hydrogens (primary N) is 1. The van der Waals surface area contributed by atoms with E-state index in [-0.39, 0.29) is 25.2 Å². The topological polar surface area (TPSA) is 114 Å². The van der Waals surface area contributed by atoms with Crippen molar-refractivity contribution < 1.29 is 14.6 Å². The second-order valence-electron chi connectivity index (χ2n) is 8.16. The van der Waals surface area contributed by atoms with Crippen LogP contribution < -0.4 is 15.8 Å². The van der Waals surface area contributed by atoms with Gasteiger partial charge in [-0.25, -0.2) is 9.97 Å². The molecule has 2 aliphatic rings. The summed E-state index contributed by atoms with van der Waals surface area (Å²) in [7, 11) is 0. The zero-order valence-electron chi connectivity index (χ0n) is 18.3. The number of aliphatic hydroxyl groups excluding tert-OH is 1. The third-order valence-corrected chi connectivity index (χ3v) is 6.54. The van der Waals surface area contributed by atoms with E-state index in [2.05, 4.69) is 15.3 Å². The monoisotopic (exact) mass is 457 g/mol. The van der Waals surface area contributed by atoms with Gasteiger partial charge in [-0.3, -0.25) is 4.79 Å². The number of carbonyl (C=O) groups excluding carboxylic acids is 1. The first kappa shape index (κ1) is 22.5. The summed E-state index contributed by atoms with van der Waals surface area (Å²) in [5.41, 5.74) is 9.11. The van der Waals surface area contributed by atoms with E-state index >= 15 is 0 Å². The summed E-state index contributed by atoms with van der Waals surface area (Å²) in [6, 6.07) is 6.55. The Morgan fingerprint density at radius 2 is 1.91 bits per heavy atom. The molecule has 0 radical (unpaired) electrons. The average molecular weight is 458 g/mol. The normalized spacial score (nSPS) is 19.5. The van der Waals surface area contributed by atoms with Crippen LogP contribution in [0.15, 0.2) is 30.0 Å². The first-order valence-corrected chi connectivity index (χ1v) is 11.2. The van der Waals surface area contributed by atoms with Crippen LogP contribution in [0.2, 0.25) is 5.02 Å². The Balaban J connectivity index is 1.62. The standard InChI is InChI=1S/C23H28ClN5O3/c1-13-20(24)14(2)28-22(27-13)17-11-29(18(12-30)21(17)25)23(31)16-5-3-4-6-19(16)32-15-7-9-26-10-8-15/h3-6,15,18,26,30H,7-12,25H2,1-2H3. The molecule has 170 valence electrons. The molecular formula is C23H28ClN5O3. The molecule has 1 saturated heterocycles. The first-order valence-electron chi connectivity index (χ1n) is 10.8. The number of hydrogen-bond acceptors (Lipinski definition) is 7. The van der Waals surface area contributed by atoms with Crippen molar-refractivity contribution >= 4 is 23.1 Å². The highest BCUT2D eigenvalue weighted by Gasteiger charge is 2.37. The van der Waals surface area contributed by atoms with Crippen LogP contribution in [0.1, 0.15) is 40.4 Å². The maximum atomic E-state index is 13.6. The van der Waals surface area contributed by atoms with Crippen LogP contribution in [0.5, 0.6) is 5.75 Å². The minimum atomic E-state index is -0.663. The number of carbonyl (C=O) groups is 1. The fraction of sp³-hybridized carbons (Fsp3) is 0.435. The first-order chi connectivity index (χ1) is 15.4. The lowest BCUT2D eigenvalue weighted by molar-refractivity contribution is 0.0683. The lowest BCUT2D eigenvalue weighted by atomic mass is 10.1. The average Bonchev–Trinajstić information content (AvgIpc) is 3.14. The molecule has 0 bridgehead atoms. The number of halogens is 1. The number of nitrogens with zero attached hydrogens (tertiary/aromatic N) is 3. The molecule has 1 unspecified atom stereocenters. The summed E-state index contributed by atoms with van der Waals surface area (Å²) in [5.74, 6) is 0.714. The van der Waals surface area contributed by atoms with Gasteiger partial charge in [-0.15, -0.1) is 0 Å². The van der Waals surface area contributed by atoms with Crippen molar-refractivity contribution in [2.75, 3.05) is 26.2 Å². The summed E-state index contributed by atoms with van der Waals surface area (Å²) in [6.07, 6.45) is 1.83. The number of aromatic nitrogens is 2. The fourth-order valence-electron chi connectivity index (χ4n) is 4.18. The molecule has 4 N–H and O–H groups in total. The van der Waals surface area contributed by atoms with Gasteiger partial charge >= 0.3 is 0 Å². The highest BCUT2D eigenvalue weighted by molar-refractivity contribution is 6.31. The molecule has 1 aromatic carbocycles. The predicted molar refractivity (Wildman–Crippen MR) is 122 cm³/mol. The molecule has 2 aromatic rings. The third-order valence-electron chi connectivity index (χ3n) is 6.00. The lowest BCUT2D eigenvalue weighted by Crippen LogP contribution is -2.41. The molecule has 8 nitrogen and oxygen atoms in total. The summed E-state index contributed by atoms with van der Waals surface area (Å²) in [4.78, 5) is 24.1. The number of ether oxygens (including phenoxy) is 1. The molecule has 3 heterocycles. The third kappa shape index (κ3) is 4.30. The van der Waals surface area contributed by atoms with Crippen molar-refractivity contribution in [1.29, 1.82) is 0 Å². The van der Waals surface area contributed by atoms with Crippen molar-refractivity contribution in [2.24, 2.45) is 5.73 Å². The number of nitrogens with one attached hydrogen (secondary N) is 1. The minimum Gasteiger partial charge on any atom is -0.489 e. The van der Waals surface area contributed by atoms with Gasteiger partial charge in [0.15, 0.2) is 5.82 Å². The number of para-hydroxylation sites is 1. The molecule has 1 atom stereocenters. The van der Waals surface area contributed by atoms with Crippen LogP contribution in [-0.2, 0) is 0 Å². The van der Waals surface area contributed by atoms with E-state index in [1.54, 1.807) is 30.9 Å². The number of rotatable bonds is 5. The quantitative estimate of drug-likeness (QED) is 0.629. The highest BCUT2D eigenvalue weighted by Crippen LogP contribution is 2.32. The molecule has 0 saturated carbocycles. The summed E-state index contributed by atoms with van der Waals surface area (Å²) < 4.78 is 6.18. The van der Waals surface area contributed by atoms with Gasteiger partial charge in [0.25, 0.3) is 5.91 Å². The fourth-order valence-corrected chi connectivity index (χ4v) is 4.27. The molecule has 1 fully saturated rings. The Labute approximate surface area is 192 Å². The molecule has 1 aromatic heterocycles. The van der Waals surface area contributed by atoms with Crippen molar-refractivity contribution in [3.05, 3.63) is 57.8 Å². The van der Waals surface area contributed by atoms with Crippen LogP contribution in [0.25, 0.3) is 5.57 Å². The van der Waals surface area contributed by atoms with E-state index in [1.807, 2.05) is 12.1 Å². The highest BCUT2D eigenvalue weighted by atomic mass is 35.5. The Kier molecular flexibility index (Phi) is 6.64. The van der Waals surface area contributed by atoms with E-state index < -0.39 is 6.04 Å². The number of amides is 1. The van der Waals surface area contributed by atoms with Gasteiger partial charge in [-0.2, -0.15) is 0 Å². The Bertz CT molecular complexity index is 1030. The Morgan fingerprint density at radius 1 is 1.25 bits per heavy atom. The van der Waals surface area contributed by atoms with Crippen LogP contribution in [0, 0.1) is 13.8 Å². The molecule has 32 heavy (non-hydrogen) atoms. The van der Waals surface area contributed by atoms with Gasteiger partial charge in [0.2, 0.25) is 0 Å². The van der Waals surface area contributed by atoms with Crippen molar-refractivity contribution in [1.82, 2.24) is 20.2 Å². The Morgan fingerprint density at radius 3 is 2.56 bits per heavy atom. The van der Waals surface area contributed by atoms with Gasteiger partial charge in [-0.1, -0.05) is 23.7 Å². The second kappa shape index (κ2) is 9.44. The van der Waals surface area contributed by atoms with Crippen molar-refractivity contribution in [3.63, 3.8) is 0 Å². The number of aryl methyl sites for hydroxylation is 2. The van der Waals surface area contributed by atoms with Gasteiger partial charge in [0, 0.05) is 11.3 Å². The molecule has 2 aliphatic heterocycles. The van der Waals surface area contributed by atoms with Gasteiger partial charge in [-0.05, 0) is 51.9 Å². The molecule has 9 heteroatoms. The van der Waals surface area contributed by atoms with E-state index in [0.717, 1.165) is 25.9 Å². The largest absolute Gasteiger partial charge is 0.489 e. The maximum Gasteiger partial charge on any atom is 0.258 e. The lowest BCUT2D eigenvalue weighted by Gasteiger charge is -2.27. The van der Waals surface area contributed by atoms with Crippen LogP contribution in [0.3, 0.4) is 0 Å².